The Bertz CT molecular complexity index is 473. The topological polar surface area (TPSA) is 78.9 Å². The minimum Gasteiger partial charge on any atom is -0.480 e. The lowest BCUT2D eigenvalue weighted by Gasteiger charge is -2.23. The highest BCUT2D eigenvalue weighted by atomic mass is 16.5. The van der Waals surface area contributed by atoms with Crippen LogP contribution in [0.2, 0.25) is 0 Å². The first-order valence-corrected chi connectivity index (χ1v) is 6.74. The highest BCUT2D eigenvalue weighted by Crippen LogP contribution is 2.14. The van der Waals surface area contributed by atoms with Crippen LogP contribution >= 0.6 is 0 Å². The van der Waals surface area contributed by atoms with Crippen LogP contribution in [0.25, 0.3) is 0 Å². The summed E-state index contributed by atoms with van der Waals surface area (Å²) in [5.41, 5.74) is 1.78. The molecule has 6 heteroatoms. The minimum absolute atomic E-state index is 0.0105. The van der Waals surface area contributed by atoms with Crippen molar-refractivity contribution in [1.82, 2.24) is 5.32 Å². The van der Waals surface area contributed by atoms with E-state index in [4.69, 9.17) is 9.84 Å². The second kappa shape index (κ2) is 8.26. The maximum Gasteiger partial charge on any atom is 0.323 e. The molecule has 0 heterocycles. The lowest BCUT2D eigenvalue weighted by atomic mass is 10.2. The number of hydrogen-bond donors (Lipinski definition) is 2. The Kier molecular flexibility index (Phi) is 6.68. The Morgan fingerprint density at radius 2 is 1.90 bits per heavy atom. The number of carbonyl (C=O) groups excluding carboxylic acids is 1. The van der Waals surface area contributed by atoms with Crippen molar-refractivity contribution in [3.8, 4) is 0 Å². The molecule has 1 rings (SSSR count). The summed E-state index contributed by atoms with van der Waals surface area (Å²) < 4.78 is 4.95. The van der Waals surface area contributed by atoms with E-state index in [2.05, 4.69) is 5.32 Å². The van der Waals surface area contributed by atoms with Crippen molar-refractivity contribution in [3.05, 3.63) is 29.8 Å². The third kappa shape index (κ3) is 6.27. The highest BCUT2D eigenvalue weighted by molar-refractivity contribution is 5.84. The van der Waals surface area contributed by atoms with Gasteiger partial charge in [0, 0.05) is 18.8 Å². The number of hydrogen-bond acceptors (Lipinski definition) is 4. The maximum absolute atomic E-state index is 12.0. The molecule has 1 atom stereocenters. The number of aliphatic carboxylic acids is 1. The van der Waals surface area contributed by atoms with E-state index in [-0.39, 0.29) is 25.0 Å². The third-order valence-electron chi connectivity index (χ3n) is 2.88. The standard InChI is InChI=1S/C15H22N2O4/c1-11-4-6-13(7-5-11)17(9-15(19)20)8-14(18)16-12(2)10-21-3/h4-7,12H,8-10H2,1-3H3,(H,16,18)(H,19,20). The Balaban J connectivity index is 2.72. The van der Waals surface area contributed by atoms with Crippen LogP contribution in [0.15, 0.2) is 24.3 Å². The predicted octanol–water partition coefficient (Wildman–Crippen LogP) is 1.04. The summed E-state index contributed by atoms with van der Waals surface area (Å²) in [6, 6.07) is 7.27. The lowest BCUT2D eigenvalue weighted by molar-refractivity contribution is -0.135. The molecule has 0 bridgehead atoms. The van der Waals surface area contributed by atoms with Crippen LogP contribution in [0.3, 0.4) is 0 Å². The molecule has 6 nitrogen and oxygen atoms in total. The van der Waals surface area contributed by atoms with Gasteiger partial charge >= 0.3 is 5.97 Å². The second-order valence-electron chi connectivity index (χ2n) is 5.01. The van der Waals surface area contributed by atoms with E-state index in [0.29, 0.717) is 12.3 Å². The van der Waals surface area contributed by atoms with Crippen LogP contribution < -0.4 is 10.2 Å². The molecule has 1 aromatic rings. The first-order chi connectivity index (χ1) is 9.92. The van der Waals surface area contributed by atoms with Crippen LogP contribution in [0.4, 0.5) is 5.69 Å². The molecular weight excluding hydrogens is 272 g/mol. The van der Waals surface area contributed by atoms with E-state index >= 15 is 0 Å². The Labute approximate surface area is 124 Å². The molecule has 0 saturated carbocycles. The SMILES string of the molecule is COCC(C)NC(=O)CN(CC(=O)O)c1ccc(C)cc1. The number of rotatable bonds is 8. The quantitative estimate of drug-likeness (QED) is 0.749. The predicted molar refractivity (Wildman–Crippen MR) is 80.5 cm³/mol. The number of amides is 1. The van der Waals surface area contributed by atoms with Crippen LogP contribution in [-0.2, 0) is 14.3 Å². The Morgan fingerprint density at radius 1 is 1.29 bits per heavy atom. The van der Waals surface area contributed by atoms with Gasteiger partial charge in [0.25, 0.3) is 0 Å². The van der Waals surface area contributed by atoms with Crippen LogP contribution in [0, 0.1) is 6.92 Å². The van der Waals surface area contributed by atoms with Crippen LogP contribution in [-0.4, -0.2) is 49.8 Å². The van der Waals surface area contributed by atoms with Crippen molar-refractivity contribution in [1.29, 1.82) is 0 Å². The van der Waals surface area contributed by atoms with Gasteiger partial charge in [-0.25, -0.2) is 0 Å². The number of nitrogens with zero attached hydrogens (tertiary/aromatic N) is 1. The van der Waals surface area contributed by atoms with Gasteiger partial charge in [0.05, 0.1) is 13.2 Å². The van der Waals surface area contributed by atoms with Crippen molar-refractivity contribution in [2.45, 2.75) is 19.9 Å². The van der Waals surface area contributed by atoms with E-state index in [1.54, 1.807) is 7.11 Å². The van der Waals surface area contributed by atoms with Crippen molar-refractivity contribution >= 4 is 17.6 Å². The minimum atomic E-state index is -0.978. The molecule has 0 aliphatic carbocycles. The van der Waals surface area contributed by atoms with Gasteiger partial charge in [0.1, 0.15) is 6.54 Å². The maximum atomic E-state index is 12.0. The normalized spacial score (nSPS) is 11.8. The molecule has 1 unspecified atom stereocenters. The molecule has 0 aromatic heterocycles. The van der Waals surface area contributed by atoms with Crippen molar-refractivity contribution < 1.29 is 19.4 Å². The van der Waals surface area contributed by atoms with Gasteiger partial charge in [-0.3, -0.25) is 9.59 Å². The molecule has 0 saturated heterocycles. The van der Waals surface area contributed by atoms with Gasteiger partial charge in [-0.05, 0) is 26.0 Å². The zero-order valence-corrected chi connectivity index (χ0v) is 12.6. The van der Waals surface area contributed by atoms with Crippen molar-refractivity contribution in [2.24, 2.45) is 0 Å². The molecule has 0 radical (unpaired) electrons. The molecule has 2 N–H and O–H groups in total. The molecule has 0 fully saturated rings. The summed E-state index contributed by atoms with van der Waals surface area (Å²) in [5.74, 6) is -1.21. The number of carbonyl (C=O) groups is 2. The van der Waals surface area contributed by atoms with Gasteiger partial charge in [-0.1, -0.05) is 17.7 Å². The third-order valence-corrected chi connectivity index (χ3v) is 2.88. The molecule has 0 aliphatic rings. The van der Waals surface area contributed by atoms with E-state index in [0.717, 1.165) is 5.56 Å². The number of nitrogens with one attached hydrogen (secondary N) is 1. The first-order valence-electron chi connectivity index (χ1n) is 6.74. The number of anilines is 1. The van der Waals surface area contributed by atoms with Crippen LogP contribution in [0.5, 0.6) is 0 Å². The number of methoxy groups -OCH3 is 1. The summed E-state index contributed by atoms with van der Waals surface area (Å²) in [6.07, 6.45) is 0. The van der Waals surface area contributed by atoms with Gasteiger partial charge < -0.3 is 20.1 Å². The van der Waals surface area contributed by atoms with E-state index in [1.807, 2.05) is 38.1 Å². The average molecular weight is 294 g/mol. The molecule has 116 valence electrons. The fourth-order valence-electron chi connectivity index (χ4n) is 1.94. The first kappa shape index (κ1) is 17.0. The van der Waals surface area contributed by atoms with Crippen LogP contribution in [0.1, 0.15) is 12.5 Å². The lowest BCUT2D eigenvalue weighted by Crippen LogP contribution is -2.44. The number of carboxylic acid groups (broad SMARTS) is 1. The van der Waals surface area contributed by atoms with E-state index in [1.165, 1.54) is 4.90 Å². The molecular formula is C15H22N2O4. The van der Waals surface area contributed by atoms with Gasteiger partial charge in [-0.2, -0.15) is 0 Å². The van der Waals surface area contributed by atoms with Crippen molar-refractivity contribution in [2.75, 3.05) is 31.7 Å². The number of benzene rings is 1. The Morgan fingerprint density at radius 3 is 2.43 bits per heavy atom. The largest absolute Gasteiger partial charge is 0.480 e. The van der Waals surface area contributed by atoms with Gasteiger partial charge in [0.15, 0.2) is 0 Å². The summed E-state index contributed by atoms with van der Waals surface area (Å²) in [7, 11) is 1.56. The molecule has 21 heavy (non-hydrogen) atoms. The monoisotopic (exact) mass is 294 g/mol. The fourth-order valence-corrected chi connectivity index (χ4v) is 1.94. The second-order valence-corrected chi connectivity index (χ2v) is 5.01. The molecule has 0 aliphatic heterocycles. The summed E-state index contributed by atoms with van der Waals surface area (Å²) in [5, 5.41) is 11.8. The number of ether oxygens (including phenoxy) is 1. The molecule has 1 amide bonds. The molecule has 1 aromatic carbocycles. The van der Waals surface area contributed by atoms with E-state index in [9.17, 15) is 9.59 Å². The highest BCUT2D eigenvalue weighted by Gasteiger charge is 2.16. The average Bonchev–Trinajstić information content (AvgIpc) is 2.38. The number of aryl methyl sites for hydroxylation is 1. The Hall–Kier alpha value is -2.08. The van der Waals surface area contributed by atoms with Gasteiger partial charge in [-0.15, -0.1) is 0 Å². The zero-order valence-electron chi connectivity index (χ0n) is 12.6. The zero-order chi connectivity index (χ0) is 15.8. The molecule has 0 spiro atoms. The van der Waals surface area contributed by atoms with E-state index < -0.39 is 5.97 Å². The smallest absolute Gasteiger partial charge is 0.323 e. The summed E-state index contributed by atoms with van der Waals surface area (Å²) in [6.45, 7) is 3.95. The van der Waals surface area contributed by atoms with Crippen molar-refractivity contribution in [3.63, 3.8) is 0 Å². The fraction of sp³-hybridized carbons (Fsp3) is 0.467. The summed E-state index contributed by atoms with van der Waals surface area (Å²) in [4.78, 5) is 24.4. The number of carboxylic acids is 1. The summed E-state index contributed by atoms with van der Waals surface area (Å²) >= 11 is 0. The van der Waals surface area contributed by atoms with Gasteiger partial charge in [0.2, 0.25) is 5.91 Å².